The highest BCUT2D eigenvalue weighted by Gasteiger charge is 2.61. The smallest absolute Gasteiger partial charge is 0.490 e. The lowest BCUT2D eigenvalue weighted by atomic mass is 10.1. The summed E-state index contributed by atoms with van der Waals surface area (Å²) in [6, 6.07) is 4.70. The van der Waals surface area contributed by atoms with E-state index in [1.54, 1.807) is 0 Å². The molecule has 0 atom stereocenters. The van der Waals surface area contributed by atoms with Crippen molar-refractivity contribution < 1.29 is 31.4 Å². The number of rotatable bonds is 4. The SMILES string of the molecule is CN1CCC(Oc2ccc(OC(F)(F)C(F)(F)F)cc2)CC1. The Morgan fingerprint density at radius 1 is 0.955 bits per heavy atom. The molecule has 0 spiro atoms. The van der Waals surface area contributed by atoms with Crippen molar-refractivity contribution in [3.05, 3.63) is 24.3 Å². The minimum atomic E-state index is -5.75. The molecule has 1 aromatic rings. The Balaban J connectivity index is 1.93. The van der Waals surface area contributed by atoms with Crippen molar-refractivity contribution in [2.75, 3.05) is 20.1 Å². The summed E-state index contributed by atoms with van der Waals surface area (Å²) in [6.07, 6.45) is -9.29. The Bertz CT molecular complexity index is 481. The fourth-order valence-electron chi connectivity index (χ4n) is 2.09. The van der Waals surface area contributed by atoms with E-state index in [4.69, 9.17) is 4.74 Å². The molecule has 3 nitrogen and oxygen atoms in total. The van der Waals surface area contributed by atoms with Crippen LogP contribution in [0, 0.1) is 0 Å². The zero-order chi connectivity index (χ0) is 16.4. The van der Waals surface area contributed by atoms with Crippen molar-refractivity contribution in [1.29, 1.82) is 0 Å². The number of benzene rings is 1. The van der Waals surface area contributed by atoms with Crippen molar-refractivity contribution in [2.45, 2.75) is 31.2 Å². The fourth-order valence-corrected chi connectivity index (χ4v) is 2.09. The third kappa shape index (κ3) is 4.22. The Morgan fingerprint density at radius 3 is 1.95 bits per heavy atom. The van der Waals surface area contributed by atoms with Crippen LogP contribution >= 0.6 is 0 Å². The second kappa shape index (κ2) is 6.28. The summed E-state index contributed by atoms with van der Waals surface area (Å²) in [6.45, 7) is 1.79. The predicted octanol–water partition coefficient (Wildman–Crippen LogP) is 3.69. The van der Waals surface area contributed by atoms with Gasteiger partial charge in [0, 0.05) is 13.1 Å². The van der Waals surface area contributed by atoms with Crippen molar-refractivity contribution in [1.82, 2.24) is 4.90 Å². The molecule has 1 fully saturated rings. The lowest BCUT2D eigenvalue weighted by Crippen LogP contribution is -2.41. The second-order valence-corrected chi connectivity index (χ2v) is 5.21. The number of likely N-dealkylation sites (tertiary alicyclic amines) is 1. The van der Waals surface area contributed by atoms with Crippen molar-refractivity contribution in [3.8, 4) is 11.5 Å². The van der Waals surface area contributed by atoms with Crippen LogP contribution in [0.15, 0.2) is 24.3 Å². The molecule has 1 aromatic carbocycles. The van der Waals surface area contributed by atoms with Crippen LogP contribution in [0.4, 0.5) is 22.0 Å². The van der Waals surface area contributed by atoms with E-state index in [1.165, 1.54) is 12.1 Å². The van der Waals surface area contributed by atoms with Crippen LogP contribution in [0.1, 0.15) is 12.8 Å². The number of hydrogen-bond acceptors (Lipinski definition) is 3. The average molecular weight is 325 g/mol. The van der Waals surface area contributed by atoms with Crippen LogP contribution < -0.4 is 9.47 Å². The molecule has 0 bridgehead atoms. The van der Waals surface area contributed by atoms with Gasteiger partial charge in [0.1, 0.15) is 17.6 Å². The van der Waals surface area contributed by atoms with E-state index in [1.807, 2.05) is 7.05 Å². The third-order valence-electron chi connectivity index (χ3n) is 3.37. The fraction of sp³-hybridized carbons (Fsp3) is 0.571. The van der Waals surface area contributed by atoms with E-state index in [0.29, 0.717) is 5.75 Å². The Morgan fingerprint density at radius 2 is 1.45 bits per heavy atom. The van der Waals surface area contributed by atoms with Gasteiger partial charge in [0.25, 0.3) is 0 Å². The van der Waals surface area contributed by atoms with E-state index in [2.05, 4.69) is 9.64 Å². The van der Waals surface area contributed by atoms with Gasteiger partial charge in [-0.15, -0.1) is 0 Å². The first-order valence-electron chi connectivity index (χ1n) is 6.76. The van der Waals surface area contributed by atoms with Gasteiger partial charge in [-0.05, 0) is 44.2 Å². The maximum Gasteiger partial charge on any atom is 0.499 e. The molecular weight excluding hydrogens is 309 g/mol. The average Bonchev–Trinajstić information content (AvgIpc) is 2.42. The molecule has 0 radical (unpaired) electrons. The number of piperidine rings is 1. The molecule has 0 aromatic heterocycles. The first-order valence-corrected chi connectivity index (χ1v) is 6.76. The van der Waals surface area contributed by atoms with Gasteiger partial charge in [0.05, 0.1) is 0 Å². The molecule has 0 N–H and O–H groups in total. The molecule has 0 saturated carbocycles. The molecule has 1 aliphatic rings. The van der Waals surface area contributed by atoms with Gasteiger partial charge in [0.15, 0.2) is 0 Å². The minimum Gasteiger partial charge on any atom is -0.490 e. The van der Waals surface area contributed by atoms with Gasteiger partial charge < -0.3 is 14.4 Å². The van der Waals surface area contributed by atoms with E-state index < -0.39 is 18.0 Å². The molecule has 8 heteroatoms. The zero-order valence-electron chi connectivity index (χ0n) is 11.9. The van der Waals surface area contributed by atoms with Gasteiger partial charge in [-0.25, -0.2) is 0 Å². The van der Waals surface area contributed by atoms with Crippen molar-refractivity contribution >= 4 is 0 Å². The number of halogens is 5. The summed E-state index contributed by atoms with van der Waals surface area (Å²) in [5.41, 5.74) is 0. The summed E-state index contributed by atoms with van der Waals surface area (Å²) < 4.78 is 71.0. The lowest BCUT2D eigenvalue weighted by Gasteiger charge is -2.29. The van der Waals surface area contributed by atoms with Crippen LogP contribution in [-0.4, -0.2) is 43.4 Å². The third-order valence-corrected chi connectivity index (χ3v) is 3.37. The molecule has 0 amide bonds. The molecule has 1 saturated heterocycles. The number of alkyl halides is 5. The molecule has 22 heavy (non-hydrogen) atoms. The van der Waals surface area contributed by atoms with E-state index in [-0.39, 0.29) is 6.10 Å². The highest BCUT2D eigenvalue weighted by molar-refractivity contribution is 5.31. The van der Waals surface area contributed by atoms with Gasteiger partial charge in [0.2, 0.25) is 0 Å². The molecule has 0 unspecified atom stereocenters. The van der Waals surface area contributed by atoms with Crippen LogP contribution in [-0.2, 0) is 0 Å². The summed E-state index contributed by atoms with van der Waals surface area (Å²) in [5.74, 6) is -0.157. The molecule has 1 heterocycles. The standard InChI is InChI=1S/C14H16F5NO2/c1-20-8-6-11(7-9-20)21-10-2-4-12(5-3-10)22-14(18,19)13(15,16)17/h2-5,11H,6-9H2,1H3. The van der Waals surface area contributed by atoms with Crippen LogP contribution in [0.5, 0.6) is 11.5 Å². The topological polar surface area (TPSA) is 21.7 Å². The predicted molar refractivity (Wildman–Crippen MR) is 69.2 cm³/mol. The van der Waals surface area contributed by atoms with Crippen molar-refractivity contribution in [2.24, 2.45) is 0 Å². The van der Waals surface area contributed by atoms with Gasteiger partial charge in [-0.2, -0.15) is 22.0 Å². The van der Waals surface area contributed by atoms with E-state index in [0.717, 1.165) is 38.1 Å². The summed E-state index contributed by atoms with van der Waals surface area (Å²) in [5, 5.41) is 0. The quantitative estimate of drug-likeness (QED) is 0.788. The Kier molecular flexibility index (Phi) is 4.79. The second-order valence-electron chi connectivity index (χ2n) is 5.21. The van der Waals surface area contributed by atoms with Crippen LogP contribution in [0.25, 0.3) is 0 Å². The van der Waals surface area contributed by atoms with Gasteiger partial charge >= 0.3 is 12.3 Å². The van der Waals surface area contributed by atoms with Gasteiger partial charge in [-0.3, -0.25) is 0 Å². The highest BCUT2D eigenvalue weighted by Crippen LogP contribution is 2.37. The monoisotopic (exact) mass is 325 g/mol. The number of hydrogen-bond donors (Lipinski definition) is 0. The normalized spacial score (nSPS) is 18.3. The molecule has 2 rings (SSSR count). The first-order chi connectivity index (χ1) is 10.2. The molecule has 124 valence electrons. The van der Waals surface area contributed by atoms with E-state index in [9.17, 15) is 22.0 Å². The maximum atomic E-state index is 12.7. The lowest BCUT2D eigenvalue weighted by molar-refractivity contribution is -0.360. The summed E-state index contributed by atoms with van der Waals surface area (Å²) in [7, 11) is 2.00. The maximum absolute atomic E-state index is 12.7. The Hall–Kier alpha value is -1.57. The molecule has 1 aliphatic heterocycles. The molecule has 0 aliphatic carbocycles. The Labute approximate surface area is 124 Å². The number of ether oxygens (including phenoxy) is 2. The van der Waals surface area contributed by atoms with Crippen LogP contribution in [0.2, 0.25) is 0 Å². The highest BCUT2D eigenvalue weighted by atomic mass is 19.4. The molecular formula is C14H16F5NO2. The largest absolute Gasteiger partial charge is 0.499 e. The summed E-state index contributed by atoms with van der Waals surface area (Å²) in [4.78, 5) is 2.16. The van der Waals surface area contributed by atoms with Gasteiger partial charge in [-0.1, -0.05) is 0 Å². The first kappa shape index (κ1) is 16.8. The van der Waals surface area contributed by atoms with Crippen molar-refractivity contribution in [3.63, 3.8) is 0 Å². The summed E-state index contributed by atoms with van der Waals surface area (Å²) >= 11 is 0. The van der Waals surface area contributed by atoms with Crippen LogP contribution in [0.3, 0.4) is 0 Å². The minimum absolute atomic E-state index is 0.0135. The zero-order valence-corrected chi connectivity index (χ0v) is 11.9. The number of nitrogens with zero attached hydrogens (tertiary/aromatic N) is 1. The van der Waals surface area contributed by atoms with E-state index >= 15 is 0 Å².